The Labute approximate surface area is 226 Å². The Morgan fingerprint density at radius 1 is 0.973 bits per heavy atom. The van der Waals surface area contributed by atoms with Gasteiger partial charge in [0.05, 0.1) is 33.0 Å². The number of nitro benzene ring substituents is 1. The van der Waals surface area contributed by atoms with Crippen LogP contribution in [0.5, 0.6) is 11.5 Å². The first-order chi connectivity index (χ1) is 17.7. The summed E-state index contributed by atoms with van der Waals surface area (Å²) in [6, 6.07) is 16.3. The van der Waals surface area contributed by atoms with E-state index in [0.29, 0.717) is 44.8 Å². The summed E-state index contributed by atoms with van der Waals surface area (Å²) < 4.78 is 11.6. The molecule has 1 fully saturated rings. The molecule has 1 heterocycles. The minimum atomic E-state index is -0.462. The van der Waals surface area contributed by atoms with Crippen molar-refractivity contribution in [1.82, 2.24) is 4.90 Å². The van der Waals surface area contributed by atoms with E-state index in [1.807, 2.05) is 6.92 Å². The molecule has 1 aliphatic rings. The highest BCUT2D eigenvalue weighted by molar-refractivity contribution is 8.18. The number of nitro groups is 1. The van der Waals surface area contributed by atoms with Crippen LogP contribution in [0.2, 0.25) is 10.0 Å². The molecule has 3 aromatic rings. The summed E-state index contributed by atoms with van der Waals surface area (Å²) >= 11 is 12.8. The SMILES string of the molecule is CCOc1cc(/C=C2/SC(=O)N(Cc3ccc(Cl)c(Cl)c3)C2=O)ccc1OCc1cccc([N+](=O)[O-])c1. The molecule has 0 aliphatic carbocycles. The van der Waals surface area contributed by atoms with Crippen molar-refractivity contribution in [2.45, 2.75) is 20.1 Å². The highest BCUT2D eigenvalue weighted by Crippen LogP contribution is 2.36. The summed E-state index contributed by atoms with van der Waals surface area (Å²) in [5, 5.41) is 11.4. The summed E-state index contributed by atoms with van der Waals surface area (Å²) in [5.74, 6) is 0.472. The lowest BCUT2D eigenvalue weighted by molar-refractivity contribution is -0.384. The number of ether oxygens (including phenoxy) is 2. The summed E-state index contributed by atoms with van der Waals surface area (Å²) in [6.07, 6.45) is 1.62. The van der Waals surface area contributed by atoms with Crippen molar-refractivity contribution in [1.29, 1.82) is 0 Å². The number of imide groups is 1. The van der Waals surface area contributed by atoms with Gasteiger partial charge in [-0.3, -0.25) is 24.6 Å². The Morgan fingerprint density at radius 3 is 2.51 bits per heavy atom. The van der Waals surface area contributed by atoms with Crippen LogP contribution >= 0.6 is 35.0 Å². The zero-order valence-corrected chi connectivity index (χ0v) is 21.8. The van der Waals surface area contributed by atoms with Gasteiger partial charge in [-0.25, -0.2) is 0 Å². The second-order valence-electron chi connectivity index (χ2n) is 7.87. The van der Waals surface area contributed by atoms with Crippen LogP contribution in [-0.4, -0.2) is 27.6 Å². The van der Waals surface area contributed by atoms with Crippen molar-refractivity contribution in [3.05, 3.63) is 102 Å². The number of hydrogen-bond donors (Lipinski definition) is 0. The molecule has 0 aromatic heterocycles. The molecule has 1 aliphatic heterocycles. The maximum atomic E-state index is 12.9. The van der Waals surface area contributed by atoms with Gasteiger partial charge in [0.1, 0.15) is 6.61 Å². The quantitative estimate of drug-likeness (QED) is 0.156. The molecule has 11 heteroatoms. The van der Waals surface area contributed by atoms with Crippen LogP contribution in [-0.2, 0) is 17.9 Å². The van der Waals surface area contributed by atoms with Crippen LogP contribution in [0.25, 0.3) is 6.08 Å². The number of carbonyl (C=O) groups excluding carboxylic acids is 2. The van der Waals surface area contributed by atoms with E-state index in [1.165, 1.54) is 12.1 Å². The molecule has 3 aromatic carbocycles. The summed E-state index contributed by atoms with van der Waals surface area (Å²) in [6.45, 7) is 2.38. The fourth-order valence-electron chi connectivity index (χ4n) is 3.53. The lowest BCUT2D eigenvalue weighted by atomic mass is 10.1. The van der Waals surface area contributed by atoms with E-state index in [0.717, 1.165) is 16.7 Å². The van der Waals surface area contributed by atoms with Crippen LogP contribution in [0.1, 0.15) is 23.6 Å². The van der Waals surface area contributed by atoms with E-state index in [4.69, 9.17) is 32.7 Å². The van der Waals surface area contributed by atoms with E-state index >= 15 is 0 Å². The lowest BCUT2D eigenvalue weighted by Crippen LogP contribution is -2.27. The van der Waals surface area contributed by atoms with Gasteiger partial charge in [-0.05, 0) is 65.7 Å². The summed E-state index contributed by atoms with van der Waals surface area (Å²) in [5.41, 5.74) is 1.94. The number of carbonyl (C=O) groups is 2. The Hall–Kier alpha value is -3.53. The molecule has 190 valence electrons. The first-order valence-corrected chi connectivity index (χ1v) is 12.6. The third-order valence-corrected chi connectivity index (χ3v) is 6.93. The first kappa shape index (κ1) is 26.5. The zero-order chi connectivity index (χ0) is 26.5. The highest BCUT2D eigenvalue weighted by Gasteiger charge is 2.35. The van der Waals surface area contributed by atoms with Gasteiger partial charge in [-0.2, -0.15) is 0 Å². The predicted octanol–water partition coefficient (Wildman–Crippen LogP) is 7.12. The molecule has 1 saturated heterocycles. The lowest BCUT2D eigenvalue weighted by Gasteiger charge is -2.13. The fourth-order valence-corrected chi connectivity index (χ4v) is 4.69. The third-order valence-electron chi connectivity index (χ3n) is 5.28. The van der Waals surface area contributed by atoms with Crippen LogP contribution in [0.4, 0.5) is 10.5 Å². The monoisotopic (exact) mass is 558 g/mol. The van der Waals surface area contributed by atoms with Crippen molar-refractivity contribution >= 4 is 57.9 Å². The van der Waals surface area contributed by atoms with E-state index in [9.17, 15) is 19.7 Å². The standard InChI is InChI=1S/C26H20Cl2N2O6S/c1-2-35-23-12-16(7-9-22(23)36-15-18-4-3-5-19(10-18)30(33)34)13-24-25(31)29(26(32)37-24)14-17-6-8-20(27)21(28)11-17/h3-13H,2,14-15H2,1H3/b24-13+. The smallest absolute Gasteiger partial charge is 0.293 e. The van der Waals surface area contributed by atoms with Gasteiger partial charge in [0.15, 0.2) is 11.5 Å². The normalized spacial score (nSPS) is 14.4. The third kappa shape index (κ3) is 6.43. The molecule has 0 spiro atoms. The van der Waals surface area contributed by atoms with Gasteiger partial charge in [0.25, 0.3) is 16.8 Å². The maximum absolute atomic E-state index is 12.9. The minimum Gasteiger partial charge on any atom is -0.490 e. The Balaban J connectivity index is 1.50. The molecule has 0 unspecified atom stereocenters. The van der Waals surface area contributed by atoms with Crippen molar-refractivity contribution < 1.29 is 24.0 Å². The number of hydrogen-bond acceptors (Lipinski definition) is 7. The Kier molecular flexibility index (Phi) is 8.38. The number of thioether (sulfide) groups is 1. The molecule has 0 bridgehead atoms. The number of benzene rings is 3. The van der Waals surface area contributed by atoms with Crippen LogP contribution in [0.15, 0.2) is 65.6 Å². The molecule has 37 heavy (non-hydrogen) atoms. The Morgan fingerprint density at radius 2 is 1.78 bits per heavy atom. The molecule has 8 nitrogen and oxygen atoms in total. The number of halogens is 2. The topological polar surface area (TPSA) is 99.0 Å². The number of nitrogens with zero attached hydrogens (tertiary/aromatic N) is 2. The van der Waals surface area contributed by atoms with Gasteiger partial charge >= 0.3 is 0 Å². The summed E-state index contributed by atoms with van der Waals surface area (Å²) in [4.78, 5) is 37.4. The fraction of sp³-hybridized carbons (Fsp3) is 0.154. The molecule has 0 N–H and O–H groups in total. The van der Waals surface area contributed by atoms with Crippen molar-refractivity contribution in [2.24, 2.45) is 0 Å². The molecule has 0 radical (unpaired) electrons. The summed E-state index contributed by atoms with van der Waals surface area (Å²) in [7, 11) is 0. The van der Waals surface area contributed by atoms with E-state index in [-0.39, 0.29) is 29.0 Å². The van der Waals surface area contributed by atoms with Crippen LogP contribution in [0, 0.1) is 10.1 Å². The molecule has 2 amide bonds. The number of amides is 2. The van der Waals surface area contributed by atoms with Gasteiger partial charge < -0.3 is 9.47 Å². The van der Waals surface area contributed by atoms with Gasteiger partial charge in [-0.15, -0.1) is 0 Å². The highest BCUT2D eigenvalue weighted by atomic mass is 35.5. The molecule has 0 saturated carbocycles. The minimum absolute atomic E-state index is 0.0189. The first-order valence-electron chi connectivity index (χ1n) is 11.1. The maximum Gasteiger partial charge on any atom is 0.293 e. The van der Waals surface area contributed by atoms with Gasteiger partial charge in [0, 0.05) is 12.1 Å². The van der Waals surface area contributed by atoms with Crippen molar-refractivity contribution in [2.75, 3.05) is 6.61 Å². The second kappa shape index (κ2) is 11.7. The molecule has 0 atom stereocenters. The van der Waals surface area contributed by atoms with Crippen LogP contribution < -0.4 is 9.47 Å². The Bertz CT molecular complexity index is 1410. The molecular weight excluding hydrogens is 539 g/mol. The number of rotatable bonds is 9. The average Bonchev–Trinajstić information content (AvgIpc) is 3.13. The number of non-ortho nitro benzene ring substituents is 1. The predicted molar refractivity (Wildman–Crippen MR) is 143 cm³/mol. The van der Waals surface area contributed by atoms with Gasteiger partial charge in [-0.1, -0.05) is 47.5 Å². The average molecular weight is 559 g/mol. The van der Waals surface area contributed by atoms with Crippen LogP contribution in [0.3, 0.4) is 0 Å². The second-order valence-corrected chi connectivity index (χ2v) is 9.68. The van der Waals surface area contributed by atoms with E-state index in [1.54, 1.807) is 54.6 Å². The van der Waals surface area contributed by atoms with E-state index < -0.39 is 10.8 Å². The zero-order valence-electron chi connectivity index (χ0n) is 19.5. The van der Waals surface area contributed by atoms with E-state index in [2.05, 4.69) is 0 Å². The largest absolute Gasteiger partial charge is 0.490 e. The van der Waals surface area contributed by atoms with Gasteiger partial charge in [0.2, 0.25) is 0 Å². The molecule has 4 rings (SSSR count). The molecular formula is C26H20Cl2N2O6S. The van der Waals surface area contributed by atoms with Crippen molar-refractivity contribution in [3.63, 3.8) is 0 Å². The van der Waals surface area contributed by atoms with Crippen molar-refractivity contribution in [3.8, 4) is 11.5 Å².